The van der Waals surface area contributed by atoms with E-state index >= 15 is 0 Å². The number of hydrogen-bond acceptors (Lipinski definition) is 3. The molecular formula is C10H11NS2. The van der Waals surface area contributed by atoms with Crippen molar-refractivity contribution in [1.82, 2.24) is 5.32 Å². The first-order valence-corrected chi connectivity index (χ1v) is 6.31. The zero-order chi connectivity index (χ0) is 8.67. The number of rotatable bonds is 1. The van der Waals surface area contributed by atoms with Crippen molar-refractivity contribution in [2.24, 2.45) is 0 Å². The highest BCUT2D eigenvalue weighted by molar-refractivity contribution is 7.37. The topological polar surface area (TPSA) is 12.0 Å². The number of thiophene rings is 2. The van der Waals surface area contributed by atoms with E-state index in [9.17, 15) is 0 Å². The molecule has 0 saturated carbocycles. The van der Waals surface area contributed by atoms with E-state index in [1.165, 1.54) is 28.9 Å². The van der Waals surface area contributed by atoms with E-state index in [-0.39, 0.29) is 0 Å². The summed E-state index contributed by atoms with van der Waals surface area (Å²) in [6.07, 6.45) is 1.31. The Bertz CT molecular complexity index is 381. The van der Waals surface area contributed by atoms with Gasteiger partial charge in [0, 0.05) is 22.7 Å². The van der Waals surface area contributed by atoms with Gasteiger partial charge in [0.25, 0.3) is 0 Å². The summed E-state index contributed by atoms with van der Waals surface area (Å²) in [4.78, 5) is 1.58. The lowest BCUT2D eigenvalue weighted by Gasteiger charge is -2.02. The Labute approximate surface area is 85.4 Å². The maximum absolute atomic E-state index is 3.42. The van der Waals surface area contributed by atoms with Crippen molar-refractivity contribution in [3.8, 4) is 0 Å². The predicted octanol–water partition coefficient (Wildman–Crippen LogP) is 3.04. The average molecular weight is 209 g/mol. The molecule has 1 unspecified atom stereocenters. The van der Waals surface area contributed by atoms with Crippen LogP contribution in [0.15, 0.2) is 17.5 Å². The van der Waals surface area contributed by atoms with Crippen molar-refractivity contribution in [2.45, 2.75) is 12.3 Å². The maximum Gasteiger partial charge on any atom is 0.0867 e. The molecule has 0 aliphatic carbocycles. The fourth-order valence-corrected chi connectivity index (χ4v) is 4.15. The first kappa shape index (κ1) is 7.97. The van der Waals surface area contributed by atoms with Gasteiger partial charge in [-0.3, -0.25) is 0 Å². The smallest absolute Gasteiger partial charge is 0.0867 e. The van der Waals surface area contributed by atoms with Crippen LogP contribution >= 0.6 is 22.7 Å². The van der Waals surface area contributed by atoms with Crippen molar-refractivity contribution < 1.29 is 0 Å². The average Bonchev–Trinajstić information content (AvgIpc) is 2.78. The molecular weight excluding hydrogens is 198 g/mol. The monoisotopic (exact) mass is 209 g/mol. The van der Waals surface area contributed by atoms with Gasteiger partial charge in [0.1, 0.15) is 0 Å². The maximum atomic E-state index is 3.42. The molecule has 1 N–H and O–H groups in total. The van der Waals surface area contributed by atoms with Gasteiger partial charge in [-0.05, 0) is 30.5 Å². The molecule has 3 rings (SSSR count). The molecule has 1 nitrogen and oxygen atoms in total. The minimum Gasteiger partial charge on any atom is -0.316 e. The van der Waals surface area contributed by atoms with E-state index in [1.54, 1.807) is 4.88 Å². The second-order valence-electron chi connectivity index (χ2n) is 3.50. The normalized spacial score (nSPS) is 22.9. The van der Waals surface area contributed by atoms with Crippen LogP contribution in [0.25, 0.3) is 9.40 Å². The second-order valence-corrected chi connectivity index (χ2v) is 5.76. The van der Waals surface area contributed by atoms with Crippen molar-refractivity contribution in [2.75, 3.05) is 13.1 Å². The number of nitrogens with one attached hydrogen (secondary N) is 1. The third-order valence-electron chi connectivity index (χ3n) is 2.63. The Kier molecular flexibility index (Phi) is 1.89. The lowest BCUT2D eigenvalue weighted by Crippen LogP contribution is -2.07. The van der Waals surface area contributed by atoms with Crippen LogP contribution in [-0.2, 0) is 0 Å². The Morgan fingerprint density at radius 1 is 1.46 bits per heavy atom. The molecule has 3 heteroatoms. The summed E-state index contributed by atoms with van der Waals surface area (Å²) in [7, 11) is 0. The molecule has 0 bridgehead atoms. The van der Waals surface area contributed by atoms with Crippen LogP contribution in [0.2, 0.25) is 0 Å². The van der Waals surface area contributed by atoms with Crippen LogP contribution in [0, 0.1) is 0 Å². The minimum atomic E-state index is 0.782. The standard InChI is InChI=1S/C10H11NS2/c1-3-11-6-8(1)9-5-7-2-4-12-10(7)13-9/h2,4-5,8,11H,1,3,6H2. The zero-order valence-corrected chi connectivity index (χ0v) is 8.88. The fourth-order valence-electron chi connectivity index (χ4n) is 1.88. The van der Waals surface area contributed by atoms with Crippen molar-refractivity contribution >= 4 is 32.1 Å². The molecule has 0 aromatic carbocycles. The van der Waals surface area contributed by atoms with Crippen LogP contribution in [0.1, 0.15) is 17.2 Å². The van der Waals surface area contributed by atoms with Crippen molar-refractivity contribution in [3.05, 3.63) is 22.4 Å². The summed E-state index contributed by atoms with van der Waals surface area (Å²) in [6.45, 7) is 2.37. The van der Waals surface area contributed by atoms with Gasteiger partial charge in [0.15, 0.2) is 0 Å². The van der Waals surface area contributed by atoms with Gasteiger partial charge in [-0.2, -0.15) is 0 Å². The Hall–Kier alpha value is -0.380. The summed E-state index contributed by atoms with van der Waals surface area (Å²) in [6, 6.07) is 4.59. The summed E-state index contributed by atoms with van der Waals surface area (Å²) in [5, 5.41) is 7.04. The van der Waals surface area contributed by atoms with E-state index in [0.29, 0.717) is 0 Å². The van der Waals surface area contributed by atoms with Crippen LogP contribution in [-0.4, -0.2) is 13.1 Å². The lowest BCUT2D eigenvalue weighted by molar-refractivity contribution is 0.779. The summed E-state index contributed by atoms with van der Waals surface area (Å²) >= 11 is 3.84. The highest BCUT2D eigenvalue weighted by atomic mass is 32.2. The van der Waals surface area contributed by atoms with Gasteiger partial charge in [0.05, 0.1) is 4.01 Å². The highest BCUT2D eigenvalue weighted by Gasteiger charge is 2.18. The van der Waals surface area contributed by atoms with Crippen LogP contribution in [0.5, 0.6) is 0 Å². The number of fused-ring (bicyclic) bond motifs is 1. The van der Waals surface area contributed by atoms with E-state index in [4.69, 9.17) is 0 Å². The molecule has 13 heavy (non-hydrogen) atoms. The molecule has 0 radical (unpaired) electrons. The van der Waals surface area contributed by atoms with E-state index < -0.39 is 0 Å². The number of hydrogen-bond donors (Lipinski definition) is 1. The van der Waals surface area contributed by atoms with Crippen molar-refractivity contribution in [1.29, 1.82) is 0 Å². The van der Waals surface area contributed by atoms with Gasteiger partial charge < -0.3 is 5.32 Å². The third kappa shape index (κ3) is 1.31. The third-order valence-corrected chi connectivity index (χ3v) is 5.00. The Morgan fingerprint density at radius 3 is 3.23 bits per heavy atom. The Balaban J connectivity index is 2.02. The largest absolute Gasteiger partial charge is 0.316 e. The van der Waals surface area contributed by atoms with Crippen molar-refractivity contribution in [3.63, 3.8) is 0 Å². The van der Waals surface area contributed by atoms with Crippen LogP contribution in [0.3, 0.4) is 0 Å². The first-order valence-electron chi connectivity index (χ1n) is 4.61. The van der Waals surface area contributed by atoms with Crippen LogP contribution in [0.4, 0.5) is 0 Å². The van der Waals surface area contributed by atoms with E-state index in [0.717, 1.165) is 5.92 Å². The van der Waals surface area contributed by atoms with Gasteiger partial charge in [-0.1, -0.05) is 0 Å². The predicted molar refractivity (Wildman–Crippen MR) is 59.9 cm³/mol. The summed E-state index contributed by atoms with van der Waals surface area (Å²) < 4.78 is 1.49. The minimum absolute atomic E-state index is 0.782. The van der Waals surface area contributed by atoms with Gasteiger partial charge >= 0.3 is 0 Å². The highest BCUT2D eigenvalue weighted by Crippen LogP contribution is 2.36. The molecule has 2 aromatic rings. The zero-order valence-electron chi connectivity index (χ0n) is 7.25. The SMILES string of the molecule is c1cc2cc(C3CCNC3)sc2s1. The summed E-state index contributed by atoms with van der Waals surface area (Å²) in [5.41, 5.74) is 0. The summed E-state index contributed by atoms with van der Waals surface area (Å²) in [5.74, 6) is 0.782. The molecule has 1 aliphatic heterocycles. The Morgan fingerprint density at radius 2 is 2.46 bits per heavy atom. The fraction of sp³-hybridized carbons (Fsp3) is 0.400. The molecule has 1 aliphatic rings. The molecule has 1 fully saturated rings. The molecule has 2 aromatic heterocycles. The molecule has 68 valence electrons. The van der Waals surface area contributed by atoms with Gasteiger partial charge in [-0.15, -0.1) is 22.7 Å². The molecule has 3 heterocycles. The quantitative estimate of drug-likeness (QED) is 0.761. The molecule has 1 atom stereocenters. The van der Waals surface area contributed by atoms with E-state index in [1.807, 2.05) is 22.7 Å². The molecule has 0 amide bonds. The molecule has 1 saturated heterocycles. The van der Waals surface area contributed by atoms with Gasteiger partial charge in [-0.25, -0.2) is 0 Å². The molecule has 0 spiro atoms. The van der Waals surface area contributed by atoms with Crippen LogP contribution < -0.4 is 5.32 Å². The first-order chi connectivity index (χ1) is 6.43. The second kappa shape index (κ2) is 3.08. The van der Waals surface area contributed by atoms with Gasteiger partial charge in [0.2, 0.25) is 0 Å². The van der Waals surface area contributed by atoms with E-state index in [2.05, 4.69) is 22.8 Å². The lowest BCUT2D eigenvalue weighted by atomic mass is 10.1.